The molecule has 0 amide bonds. The molecule has 20 heavy (non-hydrogen) atoms. The van der Waals surface area contributed by atoms with Crippen molar-refractivity contribution in [2.24, 2.45) is 0 Å². The largest absolute Gasteiger partial charge is 0.391 e. The van der Waals surface area contributed by atoms with E-state index in [-0.39, 0.29) is 12.1 Å². The van der Waals surface area contributed by atoms with Crippen LogP contribution in [0.25, 0.3) is 4.96 Å². The van der Waals surface area contributed by atoms with Gasteiger partial charge in [-0.25, -0.2) is 4.98 Å². The highest BCUT2D eigenvalue weighted by Gasteiger charge is 2.27. The fourth-order valence-electron chi connectivity index (χ4n) is 2.95. The van der Waals surface area contributed by atoms with Gasteiger partial charge >= 0.3 is 0 Å². The van der Waals surface area contributed by atoms with Crippen LogP contribution in [0, 0.1) is 0 Å². The van der Waals surface area contributed by atoms with Gasteiger partial charge in [0.2, 0.25) is 0 Å². The molecule has 0 radical (unpaired) electrons. The van der Waals surface area contributed by atoms with Gasteiger partial charge in [-0.2, -0.15) is 0 Å². The molecule has 0 saturated carbocycles. The third-order valence-corrected chi connectivity index (χ3v) is 4.89. The van der Waals surface area contributed by atoms with Crippen molar-refractivity contribution in [1.29, 1.82) is 0 Å². The summed E-state index contributed by atoms with van der Waals surface area (Å²) in [7, 11) is 4.24. The minimum absolute atomic E-state index is 0.183. The Morgan fingerprint density at radius 1 is 1.45 bits per heavy atom. The topological polar surface area (TPSA) is 44.0 Å². The van der Waals surface area contributed by atoms with E-state index in [2.05, 4.69) is 28.9 Å². The lowest BCUT2D eigenvalue weighted by Gasteiger charge is -2.31. The fraction of sp³-hybridized carbons (Fsp3) is 0.643. The lowest BCUT2D eigenvalue weighted by molar-refractivity contribution is 0.0575. The number of rotatable bonds is 3. The zero-order valence-corrected chi connectivity index (χ0v) is 12.9. The number of hydrogen-bond donors (Lipinski definition) is 1. The number of aromatic nitrogens is 2. The standard InChI is InChI=1S/C14H22N4OS/c1-16-4-3-5-17(2)12(10-16)13(19)8-11-9-18-6-7-20-14(18)15-11/h6-7,9,12-13,19H,3-5,8,10H2,1-2H3. The lowest BCUT2D eigenvalue weighted by Crippen LogP contribution is -2.47. The van der Waals surface area contributed by atoms with E-state index in [4.69, 9.17) is 0 Å². The molecule has 1 aliphatic heterocycles. The molecule has 110 valence electrons. The molecule has 0 aromatic carbocycles. The Morgan fingerprint density at radius 3 is 3.10 bits per heavy atom. The predicted molar refractivity (Wildman–Crippen MR) is 81.3 cm³/mol. The Balaban J connectivity index is 1.70. The molecular formula is C14H22N4OS. The second kappa shape index (κ2) is 5.81. The number of imidazole rings is 1. The zero-order chi connectivity index (χ0) is 14.1. The summed E-state index contributed by atoms with van der Waals surface area (Å²) in [5.41, 5.74) is 0.977. The number of hydrogen-bond acceptors (Lipinski definition) is 5. The van der Waals surface area contributed by atoms with E-state index >= 15 is 0 Å². The van der Waals surface area contributed by atoms with Crippen molar-refractivity contribution in [2.75, 3.05) is 33.7 Å². The van der Waals surface area contributed by atoms with Gasteiger partial charge < -0.3 is 10.0 Å². The van der Waals surface area contributed by atoms with Crippen LogP contribution in [0.4, 0.5) is 0 Å². The zero-order valence-electron chi connectivity index (χ0n) is 12.1. The van der Waals surface area contributed by atoms with Crippen LogP contribution < -0.4 is 0 Å². The normalized spacial score (nSPS) is 24.1. The number of nitrogens with zero attached hydrogens (tertiary/aromatic N) is 4. The third-order valence-electron chi connectivity index (χ3n) is 4.12. The van der Waals surface area contributed by atoms with Crippen molar-refractivity contribution in [3.63, 3.8) is 0 Å². The first-order chi connectivity index (χ1) is 9.63. The molecule has 2 atom stereocenters. The van der Waals surface area contributed by atoms with Crippen LogP contribution in [-0.4, -0.2) is 70.2 Å². The quantitative estimate of drug-likeness (QED) is 0.915. The highest BCUT2D eigenvalue weighted by atomic mass is 32.1. The minimum atomic E-state index is -0.370. The molecule has 2 aromatic rings. The van der Waals surface area contributed by atoms with Crippen LogP contribution in [0.5, 0.6) is 0 Å². The van der Waals surface area contributed by atoms with Crippen molar-refractivity contribution in [3.8, 4) is 0 Å². The SMILES string of the molecule is CN1CCCN(C)C(C(O)Cc2cn3ccsc3n2)C1. The van der Waals surface area contributed by atoms with Crippen molar-refractivity contribution >= 4 is 16.3 Å². The highest BCUT2D eigenvalue weighted by Crippen LogP contribution is 2.16. The average Bonchev–Trinajstić information content (AvgIpc) is 2.91. The summed E-state index contributed by atoms with van der Waals surface area (Å²) in [6.45, 7) is 3.07. The molecule has 0 bridgehead atoms. The van der Waals surface area contributed by atoms with Crippen molar-refractivity contribution in [1.82, 2.24) is 19.2 Å². The Morgan fingerprint density at radius 2 is 2.30 bits per heavy atom. The minimum Gasteiger partial charge on any atom is -0.391 e. The third kappa shape index (κ3) is 2.88. The molecule has 6 heteroatoms. The number of fused-ring (bicyclic) bond motifs is 1. The van der Waals surface area contributed by atoms with E-state index in [9.17, 15) is 5.11 Å². The average molecular weight is 294 g/mol. The first kappa shape index (κ1) is 14.0. The van der Waals surface area contributed by atoms with Crippen molar-refractivity contribution in [3.05, 3.63) is 23.5 Å². The van der Waals surface area contributed by atoms with Gasteiger partial charge in [0.25, 0.3) is 0 Å². The molecule has 2 unspecified atom stereocenters. The summed E-state index contributed by atoms with van der Waals surface area (Å²) in [4.78, 5) is 10.2. The summed E-state index contributed by atoms with van der Waals surface area (Å²) < 4.78 is 2.02. The molecule has 1 fully saturated rings. The van der Waals surface area contributed by atoms with Gasteiger partial charge in [0.05, 0.1) is 11.8 Å². The van der Waals surface area contributed by atoms with Gasteiger partial charge in [-0.1, -0.05) is 0 Å². The van der Waals surface area contributed by atoms with E-state index in [0.717, 1.165) is 36.7 Å². The summed E-state index contributed by atoms with van der Waals surface area (Å²) in [6.07, 6.45) is 5.45. The summed E-state index contributed by atoms with van der Waals surface area (Å²) in [6, 6.07) is 0.183. The van der Waals surface area contributed by atoms with E-state index in [1.54, 1.807) is 11.3 Å². The van der Waals surface area contributed by atoms with E-state index in [1.165, 1.54) is 0 Å². The Labute approximate surface area is 123 Å². The monoisotopic (exact) mass is 294 g/mol. The Hall–Kier alpha value is -0.950. The Kier molecular flexibility index (Phi) is 4.07. The van der Waals surface area contributed by atoms with E-state index in [1.807, 2.05) is 22.2 Å². The summed E-state index contributed by atoms with van der Waals surface area (Å²) in [5, 5.41) is 12.6. The van der Waals surface area contributed by atoms with Crippen LogP contribution in [0.2, 0.25) is 0 Å². The van der Waals surface area contributed by atoms with Crippen LogP contribution >= 0.6 is 11.3 Å². The van der Waals surface area contributed by atoms with Crippen LogP contribution in [0.15, 0.2) is 17.8 Å². The van der Waals surface area contributed by atoms with Gasteiger partial charge in [0.1, 0.15) is 0 Å². The highest BCUT2D eigenvalue weighted by molar-refractivity contribution is 7.15. The van der Waals surface area contributed by atoms with Crippen molar-refractivity contribution < 1.29 is 5.11 Å². The van der Waals surface area contributed by atoms with E-state index in [0.29, 0.717) is 6.42 Å². The molecule has 3 heterocycles. The second-order valence-electron chi connectivity index (χ2n) is 5.76. The lowest BCUT2D eigenvalue weighted by atomic mass is 10.0. The molecule has 2 aromatic heterocycles. The number of thiazole rings is 1. The van der Waals surface area contributed by atoms with Gasteiger partial charge in [0, 0.05) is 36.8 Å². The van der Waals surface area contributed by atoms with Gasteiger partial charge in [0.15, 0.2) is 4.96 Å². The van der Waals surface area contributed by atoms with E-state index < -0.39 is 0 Å². The molecule has 1 saturated heterocycles. The summed E-state index contributed by atoms with van der Waals surface area (Å²) in [5.74, 6) is 0. The van der Waals surface area contributed by atoms with Crippen LogP contribution in [-0.2, 0) is 6.42 Å². The number of aliphatic hydroxyl groups excluding tert-OH is 1. The second-order valence-corrected chi connectivity index (χ2v) is 6.63. The predicted octanol–water partition coefficient (Wildman–Crippen LogP) is 0.935. The number of aliphatic hydroxyl groups is 1. The molecule has 1 aliphatic rings. The molecule has 5 nitrogen and oxygen atoms in total. The smallest absolute Gasteiger partial charge is 0.193 e. The maximum absolute atomic E-state index is 10.6. The molecule has 0 aliphatic carbocycles. The maximum atomic E-state index is 10.6. The maximum Gasteiger partial charge on any atom is 0.193 e. The molecule has 1 N–H and O–H groups in total. The molecular weight excluding hydrogens is 272 g/mol. The van der Waals surface area contributed by atoms with Crippen LogP contribution in [0.3, 0.4) is 0 Å². The first-order valence-corrected chi connectivity index (χ1v) is 7.99. The first-order valence-electron chi connectivity index (χ1n) is 7.11. The van der Waals surface area contributed by atoms with Gasteiger partial charge in [-0.3, -0.25) is 9.30 Å². The fourth-order valence-corrected chi connectivity index (χ4v) is 3.66. The Bertz CT molecular complexity index is 538. The van der Waals surface area contributed by atoms with Crippen molar-refractivity contribution in [2.45, 2.75) is 25.0 Å². The number of likely N-dealkylation sites (N-methyl/N-ethyl adjacent to an activating group) is 2. The molecule has 3 rings (SSSR count). The molecule has 0 spiro atoms. The van der Waals surface area contributed by atoms with Gasteiger partial charge in [-0.05, 0) is 33.6 Å². The van der Waals surface area contributed by atoms with Gasteiger partial charge in [-0.15, -0.1) is 11.3 Å². The summed E-state index contributed by atoms with van der Waals surface area (Å²) >= 11 is 1.63. The van der Waals surface area contributed by atoms with Crippen LogP contribution in [0.1, 0.15) is 12.1 Å².